The maximum absolute atomic E-state index is 12.0. The fraction of sp³-hybridized carbons (Fsp3) is 0.462. The normalized spacial score (nSPS) is 18.5. The Balaban J connectivity index is 2.04. The van der Waals surface area contributed by atoms with Crippen molar-refractivity contribution in [1.29, 1.82) is 0 Å². The van der Waals surface area contributed by atoms with Crippen LogP contribution in [0.4, 0.5) is 0 Å². The molecule has 92 valence electrons. The van der Waals surface area contributed by atoms with Crippen LogP contribution in [0.15, 0.2) is 30.3 Å². The second kappa shape index (κ2) is 4.85. The average molecular weight is 234 g/mol. The first-order valence-corrected chi connectivity index (χ1v) is 5.89. The van der Waals surface area contributed by atoms with Crippen molar-refractivity contribution in [3.63, 3.8) is 0 Å². The number of benzene rings is 1. The van der Waals surface area contributed by atoms with Crippen LogP contribution in [0.1, 0.15) is 24.4 Å². The topological polar surface area (TPSA) is 75.4 Å². The van der Waals surface area contributed by atoms with Crippen molar-refractivity contribution in [2.75, 3.05) is 13.2 Å². The van der Waals surface area contributed by atoms with Crippen LogP contribution in [0.25, 0.3) is 0 Å². The fourth-order valence-corrected chi connectivity index (χ4v) is 1.91. The van der Waals surface area contributed by atoms with Gasteiger partial charge in [0.05, 0.1) is 18.1 Å². The van der Waals surface area contributed by atoms with Gasteiger partial charge in [0.1, 0.15) is 0 Å². The van der Waals surface area contributed by atoms with Gasteiger partial charge in [0.2, 0.25) is 5.91 Å². The minimum absolute atomic E-state index is 0.0390. The van der Waals surface area contributed by atoms with E-state index in [4.69, 9.17) is 5.73 Å². The van der Waals surface area contributed by atoms with Gasteiger partial charge in [0.15, 0.2) is 0 Å². The lowest BCUT2D eigenvalue weighted by molar-refractivity contribution is -0.127. The van der Waals surface area contributed by atoms with E-state index in [1.807, 2.05) is 30.3 Å². The molecule has 17 heavy (non-hydrogen) atoms. The molecule has 1 aliphatic rings. The summed E-state index contributed by atoms with van der Waals surface area (Å²) in [6.07, 6.45) is 1.70. The number of amides is 1. The molecule has 1 fully saturated rings. The van der Waals surface area contributed by atoms with Crippen molar-refractivity contribution >= 4 is 5.91 Å². The van der Waals surface area contributed by atoms with Crippen LogP contribution in [0.2, 0.25) is 0 Å². The molecule has 1 amide bonds. The van der Waals surface area contributed by atoms with Gasteiger partial charge in [-0.05, 0) is 18.4 Å². The van der Waals surface area contributed by atoms with E-state index in [0.29, 0.717) is 6.54 Å². The second-order valence-electron chi connectivity index (χ2n) is 4.60. The van der Waals surface area contributed by atoms with Gasteiger partial charge in [-0.15, -0.1) is 0 Å². The Morgan fingerprint density at radius 3 is 2.53 bits per heavy atom. The van der Waals surface area contributed by atoms with E-state index in [1.54, 1.807) is 0 Å². The molecule has 0 spiro atoms. The molecule has 0 heterocycles. The maximum atomic E-state index is 12.0. The molecule has 1 aromatic rings. The van der Waals surface area contributed by atoms with Crippen LogP contribution in [0.3, 0.4) is 0 Å². The molecule has 0 aliphatic heterocycles. The fourth-order valence-electron chi connectivity index (χ4n) is 1.91. The van der Waals surface area contributed by atoms with E-state index in [9.17, 15) is 9.90 Å². The van der Waals surface area contributed by atoms with E-state index in [2.05, 4.69) is 5.32 Å². The third-order valence-corrected chi connectivity index (χ3v) is 3.42. The van der Waals surface area contributed by atoms with Crippen LogP contribution in [0.5, 0.6) is 0 Å². The number of hydrogen-bond donors (Lipinski definition) is 3. The molecular weight excluding hydrogens is 216 g/mol. The highest BCUT2D eigenvalue weighted by atomic mass is 16.3. The lowest BCUT2D eigenvalue weighted by Crippen LogP contribution is -2.39. The number of carbonyl (C=O) groups excluding carboxylic acids is 1. The van der Waals surface area contributed by atoms with Crippen molar-refractivity contribution in [2.45, 2.75) is 18.9 Å². The Hall–Kier alpha value is -1.39. The Labute approximate surface area is 101 Å². The van der Waals surface area contributed by atoms with E-state index in [-0.39, 0.29) is 24.0 Å². The van der Waals surface area contributed by atoms with Gasteiger partial charge >= 0.3 is 0 Å². The molecule has 1 aliphatic carbocycles. The molecule has 4 nitrogen and oxygen atoms in total. The SMILES string of the molecule is NCC1(C(=O)NC(CO)c2ccccc2)CC1. The van der Waals surface area contributed by atoms with Crippen LogP contribution in [-0.4, -0.2) is 24.2 Å². The van der Waals surface area contributed by atoms with Crippen LogP contribution in [-0.2, 0) is 4.79 Å². The molecule has 1 saturated carbocycles. The molecule has 4 N–H and O–H groups in total. The van der Waals surface area contributed by atoms with Gasteiger partial charge in [-0.2, -0.15) is 0 Å². The molecule has 1 aromatic carbocycles. The number of nitrogens with one attached hydrogen (secondary N) is 1. The minimum atomic E-state index is -0.373. The lowest BCUT2D eigenvalue weighted by Gasteiger charge is -2.20. The van der Waals surface area contributed by atoms with Gasteiger partial charge < -0.3 is 16.2 Å². The molecule has 1 unspecified atom stereocenters. The molecule has 0 bridgehead atoms. The van der Waals surface area contributed by atoms with Crippen molar-refractivity contribution in [1.82, 2.24) is 5.32 Å². The zero-order valence-corrected chi connectivity index (χ0v) is 9.73. The summed E-state index contributed by atoms with van der Waals surface area (Å²) in [5, 5.41) is 12.2. The first-order valence-electron chi connectivity index (χ1n) is 5.89. The summed E-state index contributed by atoms with van der Waals surface area (Å²) in [7, 11) is 0. The summed E-state index contributed by atoms with van der Waals surface area (Å²) >= 11 is 0. The van der Waals surface area contributed by atoms with Crippen molar-refractivity contribution in [3.05, 3.63) is 35.9 Å². The van der Waals surface area contributed by atoms with Crippen LogP contribution in [0, 0.1) is 5.41 Å². The Bertz CT molecular complexity index is 388. The average Bonchev–Trinajstić information content (AvgIpc) is 3.17. The quantitative estimate of drug-likeness (QED) is 0.697. The summed E-state index contributed by atoms with van der Waals surface area (Å²) in [5.74, 6) is -0.0390. The molecule has 1 atom stereocenters. The van der Waals surface area contributed by atoms with E-state index >= 15 is 0 Å². The van der Waals surface area contributed by atoms with Crippen molar-refractivity contribution in [2.24, 2.45) is 11.1 Å². The van der Waals surface area contributed by atoms with Gasteiger partial charge in [0, 0.05) is 6.54 Å². The van der Waals surface area contributed by atoms with Crippen molar-refractivity contribution in [3.8, 4) is 0 Å². The molecule has 4 heteroatoms. The second-order valence-corrected chi connectivity index (χ2v) is 4.60. The highest BCUT2D eigenvalue weighted by Gasteiger charge is 2.48. The number of hydrogen-bond acceptors (Lipinski definition) is 3. The van der Waals surface area contributed by atoms with Crippen molar-refractivity contribution < 1.29 is 9.90 Å². The predicted octanol–water partition coefficient (Wildman–Crippen LogP) is 0.575. The zero-order valence-electron chi connectivity index (χ0n) is 9.73. The van der Waals surface area contributed by atoms with Gasteiger partial charge in [-0.3, -0.25) is 4.79 Å². The third-order valence-electron chi connectivity index (χ3n) is 3.42. The molecule has 0 radical (unpaired) electrons. The first-order chi connectivity index (χ1) is 8.22. The smallest absolute Gasteiger partial charge is 0.228 e. The number of aliphatic hydroxyl groups excluding tert-OH is 1. The summed E-state index contributed by atoms with van der Waals surface area (Å²) < 4.78 is 0. The zero-order chi connectivity index (χ0) is 12.3. The standard InChI is InChI=1S/C13H18N2O2/c14-9-13(6-7-13)12(17)15-11(8-16)10-4-2-1-3-5-10/h1-5,11,16H,6-9,14H2,(H,15,17). The van der Waals surface area contributed by atoms with Crippen LogP contribution >= 0.6 is 0 Å². The summed E-state index contributed by atoms with van der Waals surface area (Å²) in [5.41, 5.74) is 6.14. The summed E-state index contributed by atoms with van der Waals surface area (Å²) in [6.45, 7) is 0.280. The number of carbonyl (C=O) groups is 1. The number of aliphatic hydroxyl groups is 1. The first kappa shape index (κ1) is 12.1. The molecular formula is C13H18N2O2. The predicted molar refractivity (Wildman–Crippen MR) is 65.1 cm³/mol. The van der Waals surface area contributed by atoms with Gasteiger partial charge in [0.25, 0.3) is 0 Å². The summed E-state index contributed by atoms with van der Waals surface area (Å²) in [6, 6.07) is 9.13. The minimum Gasteiger partial charge on any atom is -0.394 e. The Kier molecular flexibility index (Phi) is 3.45. The van der Waals surface area contributed by atoms with Crippen LogP contribution < -0.4 is 11.1 Å². The molecule has 0 aromatic heterocycles. The lowest BCUT2D eigenvalue weighted by atomic mass is 10.0. The largest absolute Gasteiger partial charge is 0.394 e. The van der Waals surface area contributed by atoms with E-state index in [0.717, 1.165) is 18.4 Å². The van der Waals surface area contributed by atoms with E-state index < -0.39 is 0 Å². The number of nitrogens with two attached hydrogens (primary N) is 1. The molecule has 0 saturated heterocycles. The van der Waals surface area contributed by atoms with Gasteiger partial charge in [-0.25, -0.2) is 0 Å². The van der Waals surface area contributed by atoms with E-state index in [1.165, 1.54) is 0 Å². The monoisotopic (exact) mass is 234 g/mol. The third kappa shape index (κ3) is 2.48. The number of rotatable bonds is 5. The summed E-state index contributed by atoms with van der Waals surface area (Å²) in [4.78, 5) is 12.0. The maximum Gasteiger partial charge on any atom is 0.228 e. The Morgan fingerprint density at radius 2 is 2.06 bits per heavy atom. The van der Waals surface area contributed by atoms with Gasteiger partial charge in [-0.1, -0.05) is 30.3 Å². The highest BCUT2D eigenvalue weighted by molar-refractivity contribution is 5.85. The highest BCUT2D eigenvalue weighted by Crippen LogP contribution is 2.45. The molecule has 2 rings (SSSR count). The Morgan fingerprint density at radius 1 is 1.41 bits per heavy atom.